The highest BCUT2D eigenvalue weighted by molar-refractivity contribution is 6.30. The van der Waals surface area contributed by atoms with E-state index in [1.165, 1.54) is 6.20 Å². The Balaban J connectivity index is 2.21. The number of anilines is 1. The van der Waals surface area contributed by atoms with Crippen LogP contribution in [0.2, 0.25) is 10.4 Å². The maximum atomic E-state index is 13.9. The fourth-order valence-corrected chi connectivity index (χ4v) is 2.47. The molecule has 19 heavy (non-hydrogen) atoms. The van der Waals surface area contributed by atoms with Gasteiger partial charge in [-0.1, -0.05) is 11.6 Å². The van der Waals surface area contributed by atoms with Crippen molar-refractivity contribution in [3.05, 3.63) is 22.5 Å². The van der Waals surface area contributed by atoms with E-state index in [9.17, 15) is 9.50 Å². The van der Waals surface area contributed by atoms with Crippen molar-refractivity contribution in [2.24, 2.45) is 0 Å². The molecule has 8 heteroatoms. The van der Waals surface area contributed by atoms with Gasteiger partial charge in [0.2, 0.25) is 5.28 Å². The van der Waals surface area contributed by atoms with Crippen LogP contribution in [0, 0.1) is 5.82 Å². The summed E-state index contributed by atoms with van der Waals surface area (Å²) < 4.78 is 13.9. The largest absolute Gasteiger partial charge is 0.391 e. The van der Waals surface area contributed by atoms with Gasteiger partial charge in [-0.2, -0.15) is 4.98 Å². The number of aliphatic hydroxyl groups is 1. The fourth-order valence-electron chi connectivity index (χ4n) is 2.17. The normalized spacial score (nSPS) is 19.4. The van der Waals surface area contributed by atoms with E-state index in [1.807, 2.05) is 4.90 Å². The summed E-state index contributed by atoms with van der Waals surface area (Å²) in [5.41, 5.74) is 0.0383. The third kappa shape index (κ3) is 2.20. The summed E-state index contributed by atoms with van der Waals surface area (Å²) in [6.07, 6.45) is 1.62. The molecule has 0 saturated carbocycles. The van der Waals surface area contributed by atoms with Crippen molar-refractivity contribution in [3.63, 3.8) is 0 Å². The first-order valence-corrected chi connectivity index (χ1v) is 6.42. The van der Waals surface area contributed by atoms with Gasteiger partial charge in [-0.25, -0.2) is 14.4 Å². The molecule has 5 nitrogen and oxygen atoms in total. The minimum Gasteiger partial charge on any atom is -0.391 e. The highest BCUT2D eigenvalue weighted by atomic mass is 35.5. The molecule has 0 aromatic carbocycles. The Morgan fingerprint density at radius 2 is 2.16 bits per heavy atom. The van der Waals surface area contributed by atoms with E-state index >= 15 is 0 Å². The number of aromatic nitrogens is 3. The number of fused-ring (bicyclic) bond motifs is 1. The standard InChI is InChI=1S/C11H9Cl2FN4O/c12-9-7(14)8-6(3-15-9)10(17-11(13)16-8)18-2-1-5(19)4-18/h3,5,19H,1-2,4H2/t5-/m0/s1. The van der Waals surface area contributed by atoms with Crippen molar-refractivity contribution >= 4 is 39.9 Å². The van der Waals surface area contributed by atoms with Crippen LogP contribution in [-0.4, -0.2) is 39.3 Å². The molecule has 3 heterocycles. The lowest BCUT2D eigenvalue weighted by molar-refractivity contribution is 0.198. The minimum atomic E-state index is -0.718. The van der Waals surface area contributed by atoms with Gasteiger partial charge in [0, 0.05) is 19.3 Å². The van der Waals surface area contributed by atoms with Gasteiger partial charge < -0.3 is 10.0 Å². The number of halogens is 3. The second kappa shape index (κ2) is 4.70. The molecule has 2 aromatic rings. The summed E-state index contributed by atoms with van der Waals surface area (Å²) in [5, 5.41) is 9.68. The average molecular weight is 303 g/mol. The van der Waals surface area contributed by atoms with Crippen LogP contribution in [0.4, 0.5) is 10.2 Å². The van der Waals surface area contributed by atoms with Crippen molar-refractivity contribution in [2.45, 2.75) is 12.5 Å². The lowest BCUT2D eigenvalue weighted by atomic mass is 10.3. The predicted octanol–water partition coefficient (Wildman–Crippen LogP) is 2.04. The van der Waals surface area contributed by atoms with Gasteiger partial charge in [-0.3, -0.25) is 0 Å². The van der Waals surface area contributed by atoms with Gasteiger partial charge in [0.15, 0.2) is 11.0 Å². The molecule has 1 fully saturated rings. The van der Waals surface area contributed by atoms with Crippen molar-refractivity contribution in [2.75, 3.05) is 18.0 Å². The number of rotatable bonds is 1. The molecule has 3 rings (SSSR count). The van der Waals surface area contributed by atoms with Crippen LogP contribution < -0.4 is 4.90 Å². The van der Waals surface area contributed by atoms with E-state index in [0.29, 0.717) is 30.7 Å². The van der Waals surface area contributed by atoms with E-state index < -0.39 is 11.9 Å². The first-order valence-electron chi connectivity index (χ1n) is 5.66. The number of hydrogen-bond donors (Lipinski definition) is 1. The third-order valence-corrected chi connectivity index (χ3v) is 3.49. The van der Waals surface area contributed by atoms with Crippen LogP contribution >= 0.6 is 23.2 Å². The molecule has 0 radical (unpaired) electrons. The topological polar surface area (TPSA) is 62.1 Å². The first kappa shape index (κ1) is 12.8. The first-order chi connectivity index (χ1) is 9.06. The molecule has 0 aliphatic carbocycles. The quantitative estimate of drug-likeness (QED) is 0.645. The van der Waals surface area contributed by atoms with E-state index in [2.05, 4.69) is 15.0 Å². The predicted molar refractivity (Wildman–Crippen MR) is 70.1 cm³/mol. The van der Waals surface area contributed by atoms with Crippen molar-refractivity contribution in [3.8, 4) is 0 Å². The minimum absolute atomic E-state index is 0.0383. The van der Waals surface area contributed by atoms with Gasteiger partial charge in [-0.05, 0) is 18.0 Å². The summed E-state index contributed by atoms with van der Waals surface area (Å²) in [4.78, 5) is 13.6. The molecule has 0 amide bonds. The summed E-state index contributed by atoms with van der Waals surface area (Å²) >= 11 is 11.5. The van der Waals surface area contributed by atoms with E-state index in [-0.39, 0.29) is 16.0 Å². The lowest BCUT2D eigenvalue weighted by Gasteiger charge is -2.18. The number of pyridine rings is 1. The monoisotopic (exact) mass is 302 g/mol. The molecule has 1 aliphatic rings. The SMILES string of the molecule is O[C@H]1CCN(c2nc(Cl)nc3c(F)c(Cl)ncc23)C1. The van der Waals surface area contributed by atoms with Gasteiger partial charge in [0.25, 0.3) is 0 Å². The zero-order chi connectivity index (χ0) is 13.6. The second-order valence-corrected chi connectivity index (χ2v) is 5.03. The molecular formula is C11H9Cl2FN4O. The lowest BCUT2D eigenvalue weighted by Crippen LogP contribution is -2.23. The van der Waals surface area contributed by atoms with Gasteiger partial charge >= 0.3 is 0 Å². The van der Waals surface area contributed by atoms with Gasteiger partial charge in [0.05, 0.1) is 11.5 Å². The summed E-state index contributed by atoms with van der Waals surface area (Å²) in [6.45, 7) is 1.04. The number of hydrogen-bond acceptors (Lipinski definition) is 5. The average Bonchev–Trinajstić information content (AvgIpc) is 2.80. The Morgan fingerprint density at radius 3 is 2.84 bits per heavy atom. The molecule has 2 aromatic heterocycles. The van der Waals surface area contributed by atoms with Crippen LogP contribution in [0.25, 0.3) is 10.9 Å². The van der Waals surface area contributed by atoms with Crippen LogP contribution in [0.5, 0.6) is 0 Å². The smallest absolute Gasteiger partial charge is 0.225 e. The Labute approximate surface area is 118 Å². The van der Waals surface area contributed by atoms with E-state index in [4.69, 9.17) is 23.2 Å². The summed E-state index contributed by atoms with van der Waals surface area (Å²) in [7, 11) is 0. The van der Waals surface area contributed by atoms with Gasteiger partial charge in [-0.15, -0.1) is 0 Å². The summed E-state index contributed by atoms with van der Waals surface area (Å²) in [6, 6.07) is 0. The molecule has 1 N–H and O–H groups in total. The molecule has 1 saturated heterocycles. The zero-order valence-corrected chi connectivity index (χ0v) is 11.2. The summed E-state index contributed by atoms with van der Waals surface area (Å²) in [5.74, 6) is -0.251. The maximum absolute atomic E-state index is 13.9. The fraction of sp³-hybridized carbons (Fsp3) is 0.364. The zero-order valence-electron chi connectivity index (χ0n) is 9.65. The highest BCUT2D eigenvalue weighted by Gasteiger charge is 2.25. The Hall–Kier alpha value is -1.24. The number of β-amino-alcohol motifs (C(OH)–C–C–N with tert-alkyl or cyclic N) is 1. The third-order valence-electron chi connectivity index (χ3n) is 3.06. The van der Waals surface area contributed by atoms with Gasteiger partial charge in [0.1, 0.15) is 11.3 Å². The van der Waals surface area contributed by atoms with Crippen LogP contribution in [0.3, 0.4) is 0 Å². The Kier molecular flexibility index (Phi) is 3.16. The van der Waals surface area contributed by atoms with Crippen molar-refractivity contribution < 1.29 is 9.50 Å². The molecule has 1 atom stereocenters. The van der Waals surface area contributed by atoms with Crippen LogP contribution in [0.1, 0.15) is 6.42 Å². The Bertz CT molecular complexity index is 654. The van der Waals surface area contributed by atoms with Crippen LogP contribution in [-0.2, 0) is 0 Å². The second-order valence-electron chi connectivity index (χ2n) is 4.33. The molecular weight excluding hydrogens is 294 g/mol. The molecule has 0 unspecified atom stereocenters. The molecule has 1 aliphatic heterocycles. The number of nitrogens with zero attached hydrogens (tertiary/aromatic N) is 4. The Morgan fingerprint density at radius 1 is 1.37 bits per heavy atom. The van der Waals surface area contributed by atoms with Crippen molar-refractivity contribution in [1.29, 1.82) is 0 Å². The van der Waals surface area contributed by atoms with E-state index in [0.717, 1.165) is 0 Å². The van der Waals surface area contributed by atoms with E-state index in [1.54, 1.807) is 0 Å². The molecule has 0 bridgehead atoms. The number of aliphatic hydroxyl groups excluding tert-OH is 1. The van der Waals surface area contributed by atoms with Crippen molar-refractivity contribution in [1.82, 2.24) is 15.0 Å². The molecule has 0 spiro atoms. The van der Waals surface area contributed by atoms with Crippen LogP contribution in [0.15, 0.2) is 6.20 Å². The molecule has 100 valence electrons. The maximum Gasteiger partial charge on any atom is 0.225 e. The highest BCUT2D eigenvalue weighted by Crippen LogP contribution is 2.30.